The van der Waals surface area contributed by atoms with Crippen LogP contribution in [0.25, 0.3) is 0 Å². The van der Waals surface area contributed by atoms with Gasteiger partial charge in [0, 0.05) is 19.2 Å². The Morgan fingerprint density at radius 3 is 2.73 bits per heavy atom. The maximum Gasteiger partial charge on any atom is 0.270 e. The number of nitrogens with zero attached hydrogens (tertiary/aromatic N) is 2. The van der Waals surface area contributed by atoms with E-state index in [0.29, 0.717) is 29.8 Å². The first-order chi connectivity index (χ1) is 12.5. The molecule has 0 saturated heterocycles. The summed E-state index contributed by atoms with van der Waals surface area (Å²) in [7, 11) is 1.64. The molecule has 0 aliphatic carbocycles. The molecule has 0 radical (unpaired) electrons. The largest absolute Gasteiger partial charge is 0.497 e. The first kappa shape index (κ1) is 19.7. The van der Waals surface area contributed by atoms with Crippen molar-refractivity contribution in [3.8, 4) is 5.75 Å². The third kappa shape index (κ3) is 6.35. The first-order valence-electron chi connectivity index (χ1n) is 8.98. The van der Waals surface area contributed by atoms with E-state index >= 15 is 0 Å². The molecule has 6 nitrogen and oxygen atoms in total. The quantitative estimate of drug-likeness (QED) is 0.721. The van der Waals surface area contributed by atoms with Gasteiger partial charge in [-0.3, -0.25) is 4.79 Å². The third-order valence-corrected chi connectivity index (χ3v) is 3.93. The Morgan fingerprint density at radius 2 is 2.00 bits per heavy atom. The molecule has 0 atom stereocenters. The van der Waals surface area contributed by atoms with Crippen molar-refractivity contribution in [2.24, 2.45) is 5.92 Å². The van der Waals surface area contributed by atoms with Gasteiger partial charge in [-0.05, 0) is 43.4 Å². The Balaban J connectivity index is 1.90. The fourth-order valence-corrected chi connectivity index (χ4v) is 2.50. The van der Waals surface area contributed by atoms with Crippen molar-refractivity contribution in [3.05, 3.63) is 47.4 Å². The molecule has 0 aliphatic heterocycles. The van der Waals surface area contributed by atoms with E-state index in [1.165, 1.54) is 0 Å². The number of methoxy groups -OCH3 is 1. The van der Waals surface area contributed by atoms with E-state index in [-0.39, 0.29) is 5.91 Å². The van der Waals surface area contributed by atoms with E-state index in [9.17, 15) is 4.79 Å². The number of carbonyl (C=O) groups excluding carboxylic acids is 1. The normalized spacial score (nSPS) is 10.7. The highest BCUT2D eigenvalue weighted by Crippen LogP contribution is 2.13. The van der Waals surface area contributed by atoms with Crippen molar-refractivity contribution in [2.75, 3.05) is 25.5 Å². The summed E-state index contributed by atoms with van der Waals surface area (Å²) in [5, 5.41) is 6.18. The molecule has 0 spiro atoms. The number of aryl methyl sites for hydroxylation is 1. The zero-order valence-electron chi connectivity index (χ0n) is 16.0. The Morgan fingerprint density at radius 1 is 1.19 bits per heavy atom. The smallest absolute Gasteiger partial charge is 0.270 e. The van der Waals surface area contributed by atoms with Gasteiger partial charge in [0.15, 0.2) is 0 Å². The Kier molecular flexibility index (Phi) is 7.38. The molecule has 0 aliphatic rings. The average Bonchev–Trinajstić information content (AvgIpc) is 2.61. The molecule has 140 valence electrons. The average molecular weight is 356 g/mol. The van der Waals surface area contributed by atoms with Gasteiger partial charge >= 0.3 is 0 Å². The maximum atomic E-state index is 12.4. The summed E-state index contributed by atoms with van der Waals surface area (Å²) >= 11 is 0. The second kappa shape index (κ2) is 9.75. The number of aromatic nitrogens is 2. The summed E-state index contributed by atoms with van der Waals surface area (Å²) < 4.78 is 5.21. The second-order valence-corrected chi connectivity index (χ2v) is 6.65. The van der Waals surface area contributed by atoms with E-state index in [4.69, 9.17) is 4.74 Å². The van der Waals surface area contributed by atoms with E-state index in [2.05, 4.69) is 34.4 Å². The van der Waals surface area contributed by atoms with E-state index in [1.54, 1.807) is 20.1 Å². The third-order valence-electron chi connectivity index (χ3n) is 3.93. The summed E-state index contributed by atoms with van der Waals surface area (Å²) in [6.45, 7) is 7.50. The Labute approximate surface area is 155 Å². The standard InChI is InChI=1S/C20H28N4O2/c1-14(2)8-10-21-19-13-18(23-15(3)24-19)20(25)22-11-9-16-6-5-7-17(12-16)26-4/h5-7,12-14H,8-11H2,1-4H3,(H,22,25)(H,21,23,24). The molecule has 26 heavy (non-hydrogen) atoms. The molecule has 2 aromatic rings. The molecular formula is C20H28N4O2. The SMILES string of the molecule is COc1cccc(CCNC(=O)c2cc(NCCC(C)C)nc(C)n2)c1. The highest BCUT2D eigenvalue weighted by atomic mass is 16.5. The minimum absolute atomic E-state index is 0.190. The Bertz CT molecular complexity index is 732. The van der Waals surface area contributed by atoms with Crippen LogP contribution in [0.15, 0.2) is 30.3 Å². The minimum atomic E-state index is -0.190. The molecule has 2 rings (SSSR count). The van der Waals surface area contributed by atoms with Crippen LogP contribution in [-0.2, 0) is 6.42 Å². The lowest BCUT2D eigenvalue weighted by molar-refractivity contribution is 0.0949. The van der Waals surface area contributed by atoms with Crippen LogP contribution in [0.2, 0.25) is 0 Å². The summed E-state index contributed by atoms with van der Waals surface area (Å²) in [4.78, 5) is 21.0. The topological polar surface area (TPSA) is 76.1 Å². The van der Waals surface area contributed by atoms with Crippen LogP contribution in [0.4, 0.5) is 5.82 Å². The van der Waals surface area contributed by atoms with Crippen LogP contribution in [0, 0.1) is 12.8 Å². The van der Waals surface area contributed by atoms with Crippen LogP contribution in [0.3, 0.4) is 0 Å². The summed E-state index contributed by atoms with van der Waals surface area (Å²) in [5.74, 6) is 2.51. The van der Waals surface area contributed by atoms with Gasteiger partial charge in [0.05, 0.1) is 7.11 Å². The lowest BCUT2D eigenvalue weighted by Gasteiger charge is -2.10. The van der Waals surface area contributed by atoms with Gasteiger partial charge in [-0.25, -0.2) is 9.97 Å². The van der Waals surface area contributed by atoms with Crippen LogP contribution in [0.1, 0.15) is 42.1 Å². The van der Waals surface area contributed by atoms with Crippen molar-refractivity contribution in [2.45, 2.75) is 33.6 Å². The zero-order valence-corrected chi connectivity index (χ0v) is 16.0. The lowest BCUT2D eigenvalue weighted by Crippen LogP contribution is -2.27. The van der Waals surface area contributed by atoms with Gasteiger partial charge < -0.3 is 15.4 Å². The molecular weight excluding hydrogens is 328 g/mol. The van der Waals surface area contributed by atoms with Crippen molar-refractivity contribution < 1.29 is 9.53 Å². The van der Waals surface area contributed by atoms with E-state index in [1.807, 2.05) is 24.3 Å². The van der Waals surface area contributed by atoms with E-state index in [0.717, 1.165) is 30.7 Å². The summed E-state index contributed by atoms with van der Waals surface area (Å²) in [5.41, 5.74) is 1.50. The monoisotopic (exact) mass is 356 g/mol. The van der Waals surface area contributed by atoms with Crippen LogP contribution in [-0.4, -0.2) is 36.1 Å². The van der Waals surface area contributed by atoms with Crippen molar-refractivity contribution in [1.82, 2.24) is 15.3 Å². The molecule has 1 heterocycles. The number of anilines is 1. The predicted molar refractivity (Wildman–Crippen MR) is 104 cm³/mol. The highest BCUT2D eigenvalue weighted by Gasteiger charge is 2.10. The second-order valence-electron chi connectivity index (χ2n) is 6.65. The number of benzene rings is 1. The lowest BCUT2D eigenvalue weighted by atomic mass is 10.1. The predicted octanol–water partition coefficient (Wildman–Crippen LogP) is 3.22. The molecule has 1 amide bonds. The molecule has 6 heteroatoms. The van der Waals surface area contributed by atoms with Gasteiger partial charge in [0.1, 0.15) is 23.1 Å². The van der Waals surface area contributed by atoms with Crippen molar-refractivity contribution in [3.63, 3.8) is 0 Å². The minimum Gasteiger partial charge on any atom is -0.497 e. The number of hydrogen-bond acceptors (Lipinski definition) is 5. The van der Waals surface area contributed by atoms with Gasteiger partial charge in [-0.1, -0.05) is 26.0 Å². The molecule has 1 aromatic carbocycles. The number of ether oxygens (including phenoxy) is 1. The molecule has 0 saturated carbocycles. The molecule has 0 fully saturated rings. The van der Waals surface area contributed by atoms with Crippen molar-refractivity contribution >= 4 is 11.7 Å². The first-order valence-corrected chi connectivity index (χ1v) is 8.98. The van der Waals surface area contributed by atoms with Crippen LogP contribution >= 0.6 is 0 Å². The summed E-state index contributed by atoms with van der Waals surface area (Å²) in [6.07, 6.45) is 1.78. The zero-order chi connectivity index (χ0) is 18.9. The maximum absolute atomic E-state index is 12.4. The Hall–Kier alpha value is -2.63. The van der Waals surface area contributed by atoms with Gasteiger partial charge in [0.25, 0.3) is 5.91 Å². The number of nitrogens with one attached hydrogen (secondary N) is 2. The number of carbonyl (C=O) groups is 1. The fourth-order valence-electron chi connectivity index (χ4n) is 2.50. The van der Waals surface area contributed by atoms with Gasteiger partial charge in [-0.15, -0.1) is 0 Å². The van der Waals surface area contributed by atoms with Gasteiger partial charge in [0.2, 0.25) is 0 Å². The number of amides is 1. The van der Waals surface area contributed by atoms with Crippen molar-refractivity contribution in [1.29, 1.82) is 0 Å². The van der Waals surface area contributed by atoms with Crippen LogP contribution < -0.4 is 15.4 Å². The molecule has 1 aromatic heterocycles. The highest BCUT2D eigenvalue weighted by molar-refractivity contribution is 5.92. The number of rotatable bonds is 9. The molecule has 0 unspecified atom stereocenters. The molecule has 2 N–H and O–H groups in total. The number of hydrogen-bond donors (Lipinski definition) is 2. The molecule has 0 bridgehead atoms. The fraction of sp³-hybridized carbons (Fsp3) is 0.450. The summed E-state index contributed by atoms with van der Waals surface area (Å²) in [6, 6.07) is 9.53. The van der Waals surface area contributed by atoms with Crippen LogP contribution in [0.5, 0.6) is 5.75 Å². The van der Waals surface area contributed by atoms with Gasteiger partial charge in [-0.2, -0.15) is 0 Å². The van der Waals surface area contributed by atoms with E-state index < -0.39 is 0 Å².